The minimum atomic E-state index is -0.790. The second-order valence-electron chi connectivity index (χ2n) is 8.43. The van der Waals surface area contributed by atoms with Crippen LogP contribution in [0.2, 0.25) is 0 Å². The summed E-state index contributed by atoms with van der Waals surface area (Å²) < 4.78 is 31.3. The van der Waals surface area contributed by atoms with Crippen molar-refractivity contribution in [3.63, 3.8) is 0 Å². The third kappa shape index (κ3) is 4.27. The first kappa shape index (κ1) is 21.4. The molecule has 1 aromatic carbocycles. The summed E-state index contributed by atoms with van der Waals surface area (Å²) >= 11 is 0. The molecule has 2 aliphatic rings. The molecule has 0 radical (unpaired) electrons. The summed E-state index contributed by atoms with van der Waals surface area (Å²) in [6, 6.07) is 7.85. The van der Waals surface area contributed by atoms with Crippen LogP contribution in [0.3, 0.4) is 0 Å². The first-order valence-electron chi connectivity index (χ1n) is 9.94. The van der Waals surface area contributed by atoms with Gasteiger partial charge in [0.25, 0.3) is 0 Å². The summed E-state index contributed by atoms with van der Waals surface area (Å²) in [5, 5.41) is 11.5. The topological polar surface area (TPSA) is 114 Å². The lowest BCUT2D eigenvalue weighted by atomic mass is 10.0. The summed E-state index contributed by atoms with van der Waals surface area (Å²) in [5.41, 5.74) is 0.784. The van der Waals surface area contributed by atoms with E-state index in [0.717, 1.165) is 0 Å². The zero-order chi connectivity index (χ0) is 23.0. The number of rotatable bonds is 3. The largest absolute Gasteiger partial charge is 0.466 e. The number of halogens is 1. The van der Waals surface area contributed by atoms with Crippen molar-refractivity contribution < 1.29 is 28.2 Å². The number of hydrogen-bond donors (Lipinski definition) is 1. The highest BCUT2D eigenvalue weighted by molar-refractivity contribution is 5.73. The molecule has 3 heterocycles. The molecule has 32 heavy (non-hydrogen) atoms. The predicted octanol–water partition coefficient (Wildman–Crippen LogP) is 3.32. The van der Waals surface area contributed by atoms with Gasteiger partial charge in [-0.1, -0.05) is 0 Å². The molecule has 0 bridgehead atoms. The molecule has 166 valence electrons. The molecular formula is C22H21FN4O5. The fourth-order valence-electron chi connectivity index (χ4n) is 3.48. The molecule has 0 aliphatic carbocycles. The number of hydrogen-bond acceptors (Lipinski definition) is 7. The third-order valence-electron chi connectivity index (χ3n) is 4.89. The van der Waals surface area contributed by atoms with Crippen molar-refractivity contribution in [2.75, 3.05) is 6.54 Å². The minimum Gasteiger partial charge on any atom is -0.466 e. The maximum absolute atomic E-state index is 14.8. The smallest absolute Gasteiger partial charge is 0.413 e. The normalized spacial score (nSPS) is 19.2. The number of amides is 2. The minimum absolute atomic E-state index is 0.00918. The van der Waals surface area contributed by atoms with Gasteiger partial charge in [0.1, 0.15) is 28.9 Å². The summed E-state index contributed by atoms with van der Waals surface area (Å²) in [7, 11) is 0. The highest BCUT2D eigenvalue weighted by Gasteiger charge is 2.46. The number of ether oxygens (including phenoxy) is 3. The average molecular weight is 440 g/mol. The molecule has 1 saturated heterocycles. The van der Waals surface area contributed by atoms with Crippen molar-refractivity contribution in [2.45, 2.75) is 45.2 Å². The summed E-state index contributed by atoms with van der Waals surface area (Å²) in [5.74, 6) is -0.111. The standard InChI is InChI=1S/C22H21FN4O5/c1-22(2,3)32-20(28)26-10-18-19-27(21(29)31-18)11-13-6-16(23)15(7-17(13)30-19)12-4-5-14(8-24)25-9-12/h4-7,9,18-19H,10-11H2,1-3H3,(H,26,28)/t18-,19-/m0/s1. The van der Waals surface area contributed by atoms with E-state index in [4.69, 9.17) is 19.5 Å². The number of carbonyl (C=O) groups excluding carboxylic acids is 2. The number of alkyl carbamates (subject to hydrolysis) is 1. The van der Waals surface area contributed by atoms with Crippen LogP contribution < -0.4 is 10.1 Å². The highest BCUT2D eigenvalue weighted by atomic mass is 19.1. The Bertz CT molecular complexity index is 1110. The van der Waals surface area contributed by atoms with Crippen LogP contribution in [-0.2, 0) is 16.0 Å². The first-order chi connectivity index (χ1) is 15.1. The Kier molecular flexibility index (Phi) is 5.34. The number of benzene rings is 1. The number of fused-ring (bicyclic) bond motifs is 2. The molecule has 9 nitrogen and oxygen atoms in total. The Morgan fingerprint density at radius 3 is 2.81 bits per heavy atom. The van der Waals surface area contributed by atoms with Crippen LogP contribution in [-0.4, -0.2) is 46.5 Å². The Hall–Kier alpha value is -3.87. The number of nitriles is 1. The van der Waals surface area contributed by atoms with Crippen LogP contribution in [0.5, 0.6) is 5.75 Å². The van der Waals surface area contributed by atoms with Crippen LogP contribution in [0.4, 0.5) is 14.0 Å². The number of pyridine rings is 1. The maximum Gasteiger partial charge on any atom is 0.413 e. The van der Waals surface area contributed by atoms with Crippen molar-refractivity contribution in [3.05, 3.63) is 47.5 Å². The van der Waals surface area contributed by atoms with Gasteiger partial charge in [-0.2, -0.15) is 5.26 Å². The molecular weight excluding hydrogens is 419 g/mol. The molecule has 0 spiro atoms. The molecule has 1 aromatic heterocycles. The van der Waals surface area contributed by atoms with E-state index in [2.05, 4.69) is 10.3 Å². The van der Waals surface area contributed by atoms with E-state index in [-0.39, 0.29) is 24.3 Å². The monoisotopic (exact) mass is 440 g/mol. The van der Waals surface area contributed by atoms with Gasteiger partial charge in [-0.25, -0.2) is 19.0 Å². The molecule has 2 aromatic rings. The van der Waals surface area contributed by atoms with E-state index >= 15 is 0 Å². The fraction of sp³-hybridized carbons (Fsp3) is 0.364. The van der Waals surface area contributed by atoms with E-state index in [1.807, 2.05) is 6.07 Å². The number of nitrogens with zero attached hydrogens (tertiary/aromatic N) is 3. The van der Waals surface area contributed by atoms with Crippen molar-refractivity contribution in [3.8, 4) is 22.9 Å². The lowest BCUT2D eigenvalue weighted by Gasteiger charge is -2.32. The molecule has 2 aliphatic heterocycles. The molecule has 4 rings (SSSR count). The van der Waals surface area contributed by atoms with Gasteiger partial charge in [-0.05, 0) is 45.0 Å². The van der Waals surface area contributed by atoms with Crippen LogP contribution in [0.15, 0.2) is 30.5 Å². The second-order valence-corrected chi connectivity index (χ2v) is 8.43. The Morgan fingerprint density at radius 1 is 1.38 bits per heavy atom. The molecule has 10 heteroatoms. The van der Waals surface area contributed by atoms with E-state index in [0.29, 0.717) is 16.9 Å². The van der Waals surface area contributed by atoms with Crippen LogP contribution in [0.25, 0.3) is 11.1 Å². The Labute approximate surface area is 183 Å². The van der Waals surface area contributed by atoms with Crippen molar-refractivity contribution in [1.82, 2.24) is 15.2 Å². The average Bonchev–Trinajstić information content (AvgIpc) is 3.04. The van der Waals surface area contributed by atoms with E-state index in [1.165, 1.54) is 29.3 Å². The van der Waals surface area contributed by atoms with Gasteiger partial charge in [-0.15, -0.1) is 0 Å². The third-order valence-corrected chi connectivity index (χ3v) is 4.89. The van der Waals surface area contributed by atoms with Crippen molar-refractivity contribution in [1.29, 1.82) is 5.26 Å². The fourth-order valence-corrected chi connectivity index (χ4v) is 3.48. The molecule has 1 fully saturated rings. The second kappa shape index (κ2) is 8.00. The number of nitrogens with one attached hydrogen (secondary N) is 1. The summed E-state index contributed by atoms with van der Waals surface area (Å²) in [4.78, 5) is 29.5. The highest BCUT2D eigenvalue weighted by Crippen LogP contribution is 2.37. The van der Waals surface area contributed by atoms with Gasteiger partial charge < -0.3 is 19.5 Å². The van der Waals surface area contributed by atoms with Gasteiger partial charge >= 0.3 is 12.2 Å². The van der Waals surface area contributed by atoms with Gasteiger partial charge in [0.15, 0.2) is 6.10 Å². The van der Waals surface area contributed by atoms with Crippen LogP contribution in [0.1, 0.15) is 32.0 Å². The van der Waals surface area contributed by atoms with E-state index in [9.17, 15) is 14.0 Å². The molecule has 0 unspecified atom stereocenters. The maximum atomic E-state index is 14.8. The quantitative estimate of drug-likeness (QED) is 0.779. The lowest BCUT2D eigenvalue weighted by Crippen LogP contribution is -2.48. The first-order valence-corrected chi connectivity index (χ1v) is 9.94. The lowest BCUT2D eigenvalue weighted by molar-refractivity contribution is 0.0144. The summed E-state index contributed by atoms with van der Waals surface area (Å²) in [6.07, 6.45) is -1.40. The van der Waals surface area contributed by atoms with E-state index < -0.39 is 35.9 Å². The SMILES string of the molecule is CC(C)(C)OC(=O)NC[C@@H]1OC(=O)N2Cc3cc(F)c(-c4ccc(C#N)nc4)cc3O[C@@H]12. The predicted molar refractivity (Wildman–Crippen MR) is 109 cm³/mol. The van der Waals surface area contributed by atoms with E-state index in [1.54, 1.807) is 26.8 Å². The Balaban J connectivity index is 1.53. The molecule has 0 saturated carbocycles. The summed E-state index contributed by atoms with van der Waals surface area (Å²) in [6.45, 7) is 5.32. The number of cyclic esters (lactones) is 1. The zero-order valence-corrected chi connectivity index (χ0v) is 17.7. The van der Waals surface area contributed by atoms with Crippen molar-refractivity contribution in [2.24, 2.45) is 0 Å². The Morgan fingerprint density at radius 2 is 2.16 bits per heavy atom. The van der Waals surface area contributed by atoms with Gasteiger partial charge in [0.05, 0.1) is 13.1 Å². The van der Waals surface area contributed by atoms with Gasteiger partial charge in [-0.3, -0.25) is 4.90 Å². The van der Waals surface area contributed by atoms with Gasteiger partial charge in [0, 0.05) is 22.9 Å². The zero-order valence-electron chi connectivity index (χ0n) is 17.7. The molecule has 2 atom stereocenters. The van der Waals surface area contributed by atoms with Gasteiger partial charge in [0.2, 0.25) is 6.23 Å². The van der Waals surface area contributed by atoms with Crippen LogP contribution in [0, 0.1) is 17.1 Å². The number of aromatic nitrogens is 1. The van der Waals surface area contributed by atoms with Crippen LogP contribution >= 0.6 is 0 Å². The molecule has 2 amide bonds. The molecule has 1 N–H and O–H groups in total. The van der Waals surface area contributed by atoms with Crippen molar-refractivity contribution >= 4 is 12.2 Å². The number of carbonyl (C=O) groups is 2.